The number of carbonyl (C=O) groups is 1. The van der Waals surface area contributed by atoms with Crippen LogP contribution in [0, 0.1) is 29.1 Å². The van der Waals surface area contributed by atoms with Gasteiger partial charge in [-0.25, -0.2) is 0 Å². The van der Waals surface area contributed by atoms with Gasteiger partial charge < -0.3 is 0 Å². The number of rotatable bonds is 3. The molecule has 0 heterocycles. The number of hydrogen-bond donors (Lipinski definition) is 0. The summed E-state index contributed by atoms with van der Waals surface area (Å²) >= 11 is 0. The van der Waals surface area contributed by atoms with Gasteiger partial charge >= 0.3 is 0 Å². The van der Waals surface area contributed by atoms with E-state index in [-0.39, 0.29) is 5.41 Å². The van der Waals surface area contributed by atoms with Crippen LogP contribution in [0.1, 0.15) is 45.4 Å². The van der Waals surface area contributed by atoms with Crippen molar-refractivity contribution in [3.63, 3.8) is 0 Å². The summed E-state index contributed by atoms with van der Waals surface area (Å²) in [6, 6.07) is 0. The van der Waals surface area contributed by atoms with Gasteiger partial charge in [-0.1, -0.05) is 13.5 Å². The van der Waals surface area contributed by atoms with Gasteiger partial charge in [0.05, 0.1) is 0 Å². The number of hydrogen-bond acceptors (Lipinski definition) is 1. The predicted octanol–water partition coefficient (Wildman–Crippen LogP) is 3.59. The lowest BCUT2D eigenvalue weighted by molar-refractivity contribution is -0.152. The van der Waals surface area contributed by atoms with E-state index in [0.717, 1.165) is 18.3 Å². The largest absolute Gasteiger partial charge is 0.294 e. The van der Waals surface area contributed by atoms with Crippen LogP contribution < -0.4 is 0 Å². The topological polar surface area (TPSA) is 17.1 Å². The summed E-state index contributed by atoms with van der Waals surface area (Å²) in [5.41, 5.74) is -0.00479. The van der Waals surface area contributed by atoms with E-state index in [4.69, 9.17) is 0 Å². The Morgan fingerprint density at radius 3 is 2.06 bits per heavy atom. The maximum absolute atomic E-state index is 12.3. The highest BCUT2D eigenvalue weighted by molar-refractivity contribution is 5.95. The summed E-state index contributed by atoms with van der Waals surface area (Å²) in [7, 11) is 0. The molecule has 4 aliphatic rings. The van der Waals surface area contributed by atoms with Gasteiger partial charge in [0, 0.05) is 5.41 Å². The minimum atomic E-state index is -0.00479. The fourth-order valence-electron chi connectivity index (χ4n) is 5.37. The molecule has 4 fully saturated rings. The van der Waals surface area contributed by atoms with Crippen LogP contribution in [0.5, 0.6) is 0 Å². The van der Waals surface area contributed by atoms with E-state index in [1.165, 1.54) is 32.1 Å². The molecule has 0 aromatic heterocycles. The van der Waals surface area contributed by atoms with Gasteiger partial charge in [-0.2, -0.15) is 0 Å². The summed E-state index contributed by atoms with van der Waals surface area (Å²) in [6.07, 6.45) is 9.37. The van der Waals surface area contributed by atoms with Crippen molar-refractivity contribution in [2.75, 3.05) is 0 Å². The van der Waals surface area contributed by atoms with Crippen molar-refractivity contribution in [3.8, 4) is 0 Å². The first-order valence-electron chi connectivity index (χ1n) is 6.87. The molecule has 0 aliphatic heterocycles. The van der Waals surface area contributed by atoms with Gasteiger partial charge in [0.15, 0.2) is 5.78 Å². The van der Waals surface area contributed by atoms with Gasteiger partial charge in [0.2, 0.25) is 0 Å². The lowest BCUT2D eigenvalue weighted by Crippen LogP contribution is -2.56. The third-order valence-corrected chi connectivity index (χ3v) is 5.82. The fraction of sp³-hybridized carbons (Fsp3) is 0.800. The predicted molar refractivity (Wildman–Crippen MR) is 65.0 cm³/mol. The van der Waals surface area contributed by atoms with Gasteiger partial charge in [-0.15, -0.1) is 0 Å². The molecule has 0 atom stereocenters. The average Bonchev–Trinajstić information content (AvgIpc) is 2.28. The van der Waals surface area contributed by atoms with Crippen molar-refractivity contribution in [3.05, 3.63) is 12.7 Å². The Balaban J connectivity index is 2.00. The summed E-state index contributed by atoms with van der Waals surface area (Å²) in [4.78, 5) is 12.3. The second-order valence-corrected chi connectivity index (χ2v) is 6.27. The van der Waals surface area contributed by atoms with Crippen molar-refractivity contribution in [2.45, 2.75) is 45.4 Å². The summed E-state index contributed by atoms with van der Waals surface area (Å²) < 4.78 is 0. The minimum absolute atomic E-state index is 0.00479. The summed E-state index contributed by atoms with van der Waals surface area (Å²) in [5.74, 6) is 3.60. The van der Waals surface area contributed by atoms with E-state index in [0.29, 0.717) is 17.6 Å². The van der Waals surface area contributed by atoms with E-state index in [9.17, 15) is 4.79 Å². The Bertz CT molecular complexity index is 300. The van der Waals surface area contributed by atoms with Crippen LogP contribution in [0.2, 0.25) is 0 Å². The van der Waals surface area contributed by atoms with Crippen molar-refractivity contribution >= 4 is 5.78 Å². The van der Waals surface area contributed by atoms with Crippen molar-refractivity contribution < 1.29 is 4.79 Å². The molecule has 16 heavy (non-hydrogen) atoms. The molecule has 0 amide bonds. The second-order valence-electron chi connectivity index (χ2n) is 6.27. The first-order chi connectivity index (χ1) is 7.70. The Hall–Kier alpha value is -0.590. The highest BCUT2D eigenvalue weighted by Crippen LogP contribution is 2.63. The molecule has 0 aromatic carbocycles. The molecule has 4 aliphatic carbocycles. The quantitative estimate of drug-likeness (QED) is 0.662. The lowest BCUT2D eigenvalue weighted by Gasteiger charge is -2.60. The van der Waals surface area contributed by atoms with Crippen molar-refractivity contribution in [1.29, 1.82) is 0 Å². The van der Waals surface area contributed by atoms with Crippen LogP contribution in [0.3, 0.4) is 0 Å². The van der Waals surface area contributed by atoms with Gasteiger partial charge in [-0.3, -0.25) is 4.79 Å². The molecule has 1 nitrogen and oxygen atoms in total. The zero-order chi connectivity index (χ0) is 11.3. The maximum atomic E-state index is 12.3. The van der Waals surface area contributed by atoms with Gasteiger partial charge in [0.1, 0.15) is 0 Å². The van der Waals surface area contributed by atoms with Crippen molar-refractivity contribution in [1.82, 2.24) is 0 Å². The Kier molecular flexibility index (Phi) is 2.28. The zero-order valence-electron chi connectivity index (χ0n) is 10.2. The van der Waals surface area contributed by atoms with Crippen LogP contribution in [0.15, 0.2) is 12.7 Å². The van der Waals surface area contributed by atoms with Gasteiger partial charge in [0.25, 0.3) is 0 Å². The van der Waals surface area contributed by atoms with E-state index < -0.39 is 0 Å². The number of carbonyl (C=O) groups excluding carboxylic acids is 1. The molecule has 0 saturated heterocycles. The Labute approximate surface area is 98.3 Å². The molecule has 4 rings (SSSR count). The van der Waals surface area contributed by atoms with E-state index in [2.05, 4.69) is 13.5 Å². The molecule has 0 N–H and O–H groups in total. The first-order valence-corrected chi connectivity index (χ1v) is 6.87. The zero-order valence-corrected chi connectivity index (χ0v) is 10.2. The Morgan fingerprint density at radius 2 is 1.69 bits per heavy atom. The van der Waals surface area contributed by atoms with Crippen molar-refractivity contribution in [2.24, 2.45) is 29.1 Å². The highest BCUT2D eigenvalue weighted by Gasteiger charge is 2.58. The number of allylic oxidation sites excluding steroid dienone is 1. The SMILES string of the molecule is C=CC(=O)C1(CC)C2CC3CC(C2)CC1C3. The molecule has 4 bridgehead atoms. The standard InChI is InChI=1S/C15H22O/c1-3-14(16)15(4-2)12-6-10-5-11(8-12)9-13(15)7-10/h3,10-13H,1,4-9H2,2H3. The molecular weight excluding hydrogens is 196 g/mol. The highest BCUT2D eigenvalue weighted by atomic mass is 16.1. The molecule has 4 saturated carbocycles. The van der Waals surface area contributed by atoms with Crippen LogP contribution in [0.25, 0.3) is 0 Å². The van der Waals surface area contributed by atoms with Crippen LogP contribution >= 0.6 is 0 Å². The smallest absolute Gasteiger partial charge is 0.161 e. The molecule has 0 radical (unpaired) electrons. The lowest BCUT2D eigenvalue weighted by atomic mass is 9.43. The maximum Gasteiger partial charge on any atom is 0.161 e. The molecule has 1 heteroatoms. The summed E-state index contributed by atoms with van der Waals surface area (Å²) in [6.45, 7) is 5.95. The van der Waals surface area contributed by atoms with Crippen LogP contribution in [0.4, 0.5) is 0 Å². The van der Waals surface area contributed by atoms with Gasteiger partial charge in [-0.05, 0) is 68.3 Å². The summed E-state index contributed by atoms with van der Waals surface area (Å²) in [5, 5.41) is 0. The van der Waals surface area contributed by atoms with E-state index >= 15 is 0 Å². The second kappa shape index (κ2) is 3.45. The van der Waals surface area contributed by atoms with E-state index in [1.54, 1.807) is 6.08 Å². The number of ketones is 1. The third-order valence-electron chi connectivity index (χ3n) is 5.82. The molecule has 0 aromatic rings. The molecule has 0 spiro atoms. The molecular formula is C15H22O. The normalized spacial score (nSPS) is 49.3. The van der Waals surface area contributed by atoms with E-state index in [1.807, 2.05) is 0 Å². The molecule has 88 valence electrons. The first kappa shape index (κ1) is 10.6. The third kappa shape index (κ3) is 1.15. The Morgan fingerprint density at radius 1 is 1.19 bits per heavy atom. The van der Waals surface area contributed by atoms with Crippen LogP contribution in [-0.4, -0.2) is 5.78 Å². The monoisotopic (exact) mass is 218 g/mol. The fourth-order valence-corrected chi connectivity index (χ4v) is 5.37. The minimum Gasteiger partial charge on any atom is -0.294 e. The van der Waals surface area contributed by atoms with Crippen LogP contribution in [-0.2, 0) is 4.79 Å². The average molecular weight is 218 g/mol. The molecule has 0 unspecified atom stereocenters.